The first-order valence-electron chi connectivity index (χ1n) is 7.81. The van der Waals surface area contributed by atoms with Gasteiger partial charge in [-0.25, -0.2) is 4.98 Å². The Morgan fingerprint density at radius 1 is 0.833 bits per heavy atom. The van der Waals surface area contributed by atoms with Crippen LogP contribution < -0.4 is 10.1 Å². The molecule has 3 aromatic rings. The summed E-state index contributed by atoms with van der Waals surface area (Å²) < 4.78 is 122. The van der Waals surface area contributed by atoms with Crippen molar-refractivity contribution < 1.29 is 44.3 Å². The zero-order chi connectivity index (χ0) is 22.5. The highest BCUT2D eigenvalue weighted by molar-refractivity contribution is 7.22. The topological polar surface area (TPSA) is 34.1 Å². The van der Waals surface area contributed by atoms with Gasteiger partial charge in [-0.1, -0.05) is 11.3 Å². The van der Waals surface area contributed by atoms with E-state index in [9.17, 15) is 39.5 Å². The number of methoxy groups -OCH3 is 1. The molecular weight excluding hydrogens is 451 g/mol. The Morgan fingerprint density at radius 3 is 2.00 bits per heavy atom. The molecule has 0 saturated heterocycles. The maximum atomic E-state index is 13.4. The molecule has 1 heterocycles. The third-order valence-corrected chi connectivity index (χ3v) is 4.84. The Kier molecular flexibility index (Phi) is 5.29. The van der Waals surface area contributed by atoms with Gasteiger partial charge in [0.25, 0.3) is 0 Å². The summed E-state index contributed by atoms with van der Waals surface area (Å²) >= 11 is 0.612. The van der Waals surface area contributed by atoms with Crippen molar-refractivity contribution in [2.45, 2.75) is 18.5 Å². The molecule has 0 saturated carbocycles. The van der Waals surface area contributed by atoms with Gasteiger partial charge in [-0.2, -0.15) is 39.5 Å². The number of aromatic nitrogens is 1. The van der Waals surface area contributed by atoms with Gasteiger partial charge in [-0.15, -0.1) is 0 Å². The first-order chi connectivity index (χ1) is 13.7. The number of hydrogen-bond donors (Lipinski definition) is 1. The number of benzene rings is 2. The maximum absolute atomic E-state index is 13.4. The standard InChI is InChI=1S/C17H9F9N2OS/c1-29-12-6-11(8(16(21,22)23)5-9(12)17(24,25)26)28-14-27-10-3-2-7(15(18,19)20)4-13(10)30-14/h2-6H,1H3,(H,27,28). The van der Waals surface area contributed by atoms with Gasteiger partial charge in [-0.3, -0.25) is 0 Å². The molecule has 0 atom stereocenters. The van der Waals surface area contributed by atoms with E-state index in [1.165, 1.54) is 0 Å². The van der Waals surface area contributed by atoms with Crippen molar-refractivity contribution in [2.75, 3.05) is 12.4 Å². The fourth-order valence-electron chi connectivity index (χ4n) is 2.58. The number of alkyl halides is 9. The lowest BCUT2D eigenvalue weighted by Gasteiger charge is -2.19. The molecule has 13 heteroatoms. The average molecular weight is 460 g/mol. The van der Waals surface area contributed by atoms with Crippen LogP contribution in [0.3, 0.4) is 0 Å². The van der Waals surface area contributed by atoms with Crippen molar-refractivity contribution in [3.8, 4) is 5.75 Å². The number of rotatable bonds is 3. The van der Waals surface area contributed by atoms with Crippen LogP contribution in [0, 0.1) is 0 Å². The first-order valence-corrected chi connectivity index (χ1v) is 8.63. The second-order valence-corrected chi connectivity index (χ2v) is 6.95. The monoisotopic (exact) mass is 460 g/mol. The number of anilines is 2. The van der Waals surface area contributed by atoms with Gasteiger partial charge in [0.2, 0.25) is 0 Å². The Labute approximate surface area is 166 Å². The minimum absolute atomic E-state index is 0.0276. The Hall–Kier alpha value is -2.70. The van der Waals surface area contributed by atoms with Crippen LogP contribution in [0.15, 0.2) is 30.3 Å². The van der Waals surface area contributed by atoms with Crippen LogP contribution in [0.25, 0.3) is 10.2 Å². The highest BCUT2D eigenvalue weighted by Crippen LogP contribution is 2.45. The summed E-state index contributed by atoms with van der Waals surface area (Å²) in [6.07, 6.45) is -14.9. The lowest BCUT2D eigenvalue weighted by molar-refractivity contribution is -0.143. The Balaban J connectivity index is 2.09. The number of fused-ring (bicyclic) bond motifs is 1. The molecule has 0 aliphatic heterocycles. The fourth-order valence-corrected chi connectivity index (χ4v) is 3.50. The molecule has 1 N–H and O–H groups in total. The van der Waals surface area contributed by atoms with Crippen LogP contribution in [0.4, 0.5) is 50.3 Å². The molecule has 0 amide bonds. The van der Waals surface area contributed by atoms with Crippen LogP contribution in [0.5, 0.6) is 5.75 Å². The quantitative estimate of drug-likeness (QED) is 0.423. The summed E-state index contributed by atoms with van der Waals surface area (Å²) in [6, 6.07) is 2.98. The predicted molar refractivity (Wildman–Crippen MR) is 90.9 cm³/mol. The average Bonchev–Trinajstić information content (AvgIpc) is 2.99. The van der Waals surface area contributed by atoms with E-state index in [1.54, 1.807) is 0 Å². The molecule has 0 bridgehead atoms. The van der Waals surface area contributed by atoms with Crippen molar-refractivity contribution in [1.82, 2.24) is 4.98 Å². The second kappa shape index (κ2) is 7.22. The van der Waals surface area contributed by atoms with E-state index in [1.807, 2.05) is 0 Å². The molecule has 0 radical (unpaired) electrons. The second-order valence-electron chi connectivity index (χ2n) is 5.92. The normalized spacial score (nSPS) is 13.0. The van der Waals surface area contributed by atoms with E-state index < -0.39 is 46.7 Å². The van der Waals surface area contributed by atoms with Gasteiger partial charge in [0, 0.05) is 6.07 Å². The summed E-state index contributed by atoms with van der Waals surface area (Å²) in [5.74, 6) is -0.863. The van der Waals surface area contributed by atoms with Crippen molar-refractivity contribution in [2.24, 2.45) is 0 Å². The molecule has 162 valence electrons. The van der Waals surface area contributed by atoms with Crippen LogP contribution in [0.1, 0.15) is 16.7 Å². The molecule has 2 aromatic carbocycles. The zero-order valence-corrected chi connectivity index (χ0v) is 15.4. The number of ether oxygens (including phenoxy) is 1. The highest BCUT2D eigenvalue weighted by Gasteiger charge is 2.41. The van der Waals surface area contributed by atoms with Gasteiger partial charge in [0.05, 0.1) is 39.7 Å². The summed E-state index contributed by atoms with van der Waals surface area (Å²) in [6.45, 7) is 0. The number of halogens is 9. The number of thiazole rings is 1. The Morgan fingerprint density at radius 2 is 1.47 bits per heavy atom. The van der Waals surface area contributed by atoms with Crippen LogP contribution in [0.2, 0.25) is 0 Å². The maximum Gasteiger partial charge on any atom is 0.419 e. The number of hydrogen-bond acceptors (Lipinski definition) is 4. The molecule has 0 unspecified atom stereocenters. The van der Waals surface area contributed by atoms with Gasteiger partial charge in [0.15, 0.2) is 5.13 Å². The van der Waals surface area contributed by atoms with Gasteiger partial charge in [-0.05, 0) is 24.3 Å². The van der Waals surface area contributed by atoms with Crippen molar-refractivity contribution >= 4 is 32.4 Å². The van der Waals surface area contributed by atoms with E-state index >= 15 is 0 Å². The molecule has 3 nitrogen and oxygen atoms in total. The lowest BCUT2D eigenvalue weighted by Crippen LogP contribution is -2.14. The summed E-state index contributed by atoms with van der Waals surface area (Å²) in [5, 5.41) is 2.00. The molecule has 0 aliphatic rings. The van der Waals surface area contributed by atoms with Crippen molar-refractivity contribution in [3.63, 3.8) is 0 Å². The molecule has 3 rings (SSSR count). The minimum atomic E-state index is -5.16. The predicted octanol–water partition coefficient (Wildman–Crippen LogP) is 7.10. The lowest BCUT2D eigenvalue weighted by atomic mass is 10.1. The highest BCUT2D eigenvalue weighted by atomic mass is 32.1. The molecule has 30 heavy (non-hydrogen) atoms. The smallest absolute Gasteiger partial charge is 0.419 e. The van der Waals surface area contributed by atoms with Crippen LogP contribution >= 0.6 is 11.3 Å². The third kappa shape index (κ3) is 4.40. The number of nitrogens with zero attached hydrogens (tertiary/aromatic N) is 1. The molecule has 1 aromatic heterocycles. The van der Waals surface area contributed by atoms with E-state index in [4.69, 9.17) is 0 Å². The van der Waals surface area contributed by atoms with Crippen molar-refractivity contribution in [1.29, 1.82) is 0 Å². The van der Waals surface area contributed by atoms with Gasteiger partial charge in [0.1, 0.15) is 5.75 Å². The van der Waals surface area contributed by atoms with Gasteiger partial charge >= 0.3 is 18.5 Å². The zero-order valence-electron chi connectivity index (χ0n) is 14.6. The summed E-state index contributed by atoms with van der Waals surface area (Å²) in [7, 11) is 0.859. The van der Waals surface area contributed by atoms with E-state index in [0.29, 0.717) is 17.4 Å². The first kappa shape index (κ1) is 22.0. The van der Waals surface area contributed by atoms with Crippen LogP contribution in [-0.2, 0) is 18.5 Å². The van der Waals surface area contributed by atoms with Gasteiger partial charge < -0.3 is 10.1 Å². The fraction of sp³-hybridized carbons (Fsp3) is 0.235. The largest absolute Gasteiger partial charge is 0.496 e. The van der Waals surface area contributed by atoms with E-state index in [-0.39, 0.29) is 21.4 Å². The van der Waals surface area contributed by atoms with E-state index in [0.717, 1.165) is 25.3 Å². The minimum Gasteiger partial charge on any atom is -0.496 e. The number of nitrogens with one attached hydrogen (secondary N) is 1. The van der Waals surface area contributed by atoms with Crippen LogP contribution in [-0.4, -0.2) is 12.1 Å². The molecular formula is C17H9F9N2OS. The summed E-state index contributed by atoms with van der Waals surface area (Å²) in [5.41, 5.74) is -4.95. The third-order valence-electron chi connectivity index (χ3n) is 3.91. The van der Waals surface area contributed by atoms with Crippen molar-refractivity contribution in [3.05, 3.63) is 47.0 Å². The molecule has 0 fully saturated rings. The molecule has 0 spiro atoms. The summed E-state index contributed by atoms with van der Waals surface area (Å²) in [4.78, 5) is 3.89. The Bertz CT molecular complexity index is 1080. The molecule has 0 aliphatic carbocycles. The van der Waals surface area contributed by atoms with E-state index in [2.05, 4.69) is 15.0 Å². The SMILES string of the molecule is COc1cc(Nc2nc3ccc(C(F)(F)F)cc3s2)c(C(F)(F)F)cc1C(F)(F)F.